The Morgan fingerprint density at radius 3 is 2.68 bits per heavy atom. The van der Waals surface area contributed by atoms with Gasteiger partial charge in [0.05, 0.1) is 5.60 Å². The molecule has 4 heteroatoms. The number of piperidine rings is 1. The van der Waals surface area contributed by atoms with Crippen LogP contribution in [0.1, 0.15) is 71.1 Å². The molecule has 22 heavy (non-hydrogen) atoms. The summed E-state index contributed by atoms with van der Waals surface area (Å²) in [5.41, 5.74) is -0.587. The number of nitrogens with one attached hydrogen (secondary N) is 2. The highest BCUT2D eigenvalue weighted by molar-refractivity contribution is 5.78. The minimum absolute atomic E-state index is 0.101. The van der Waals surface area contributed by atoms with E-state index in [2.05, 4.69) is 10.6 Å². The first-order valence-electron chi connectivity index (χ1n) is 9.35. The van der Waals surface area contributed by atoms with Crippen LogP contribution in [0.5, 0.6) is 0 Å². The van der Waals surface area contributed by atoms with E-state index in [4.69, 9.17) is 0 Å². The second-order valence-electron chi connectivity index (χ2n) is 7.90. The van der Waals surface area contributed by atoms with Crippen LogP contribution in [-0.2, 0) is 4.79 Å². The van der Waals surface area contributed by atoms with E-state index in [0.717, 1.165) is 57.9 Å². The van der Waals surface area contributed by atoms with Crippen molar-refractivity contribution in [2.75, 3.05) is 6.54 Å². The number of hydrogen-bond acceptors (Lipinski definition) is 3. The summed E-state index contributed by atoms with van der Waals surface area (Å²) in [5, 5.41) is 18.2. The fourth-order valence-corrected chi connectivity index (χ4v) is 4.88. The van der Waals surface area contributed by atoms with Crippen LogP contribution in [0.25, 0.3) is 0 Å². The van der Waals surface area contributed by atoms with Crippen LogP contribution < -0.4 is 10.6 Å². The Morgan fingerprint density at radius 2 is 1.82 bits per heavy atom. The second kappa shape index (κ2) is 6.88. The van der Waals surface area contributed by atoms with Gasteiger partial charge in [-0.3, -0.25) is 4.79 Å². The Balaban J connectivity index is 1.81. The van der Waals surface area contributed by atoms with Gasteiger partial charge in [-0.05, 0) is 45.1 Å². The molecule has 1 aliphatic carbocycles. The molecule has 2 saturated heterocycles. The Labute approximate surface area is 134 Å². The van der Waals surface area contributed by atoms with Crippen LogP contribution in [0, 0.1) is 11.8 Å². The zero-order chi connectivity index (χ0) is 15.6. The molecule has 126 valence electrons. The topological polar surface area (TPSA) is 61.4 Å². The van der Waals surface area contributed by atoms with E-state index in [1.165, 1.54) is 12.8 Å². The van der Waals surface area contributed by atoms with Crippen LogP contribution in [0.15, 0.2) is 0 Å². The summed E-state index contributed by atoms with van der Waals surface area (Å²) in [6, 6.07) is 0.624. The standard InChI is InChI=1S/C18H32N2O2/c1-13-6-2-3-7-14-12-18(22,10-11-19-14)15-8-4-5-9-16(15)20-17(13)21/h13-16,19,22H,2-12H2,1H3,(H,20,21). The number of fused-ring (bicyclic) bond motifs is 4. The third-order valence-corrected chi connectivity index (χ3v) is 6.26. The molecule has 2 heterocycles. The van der Waals surface area contributed by atoms with Crippen molar-refractivity contribution < 1.29 is 9.90 Å². The minimum Gasteiger partial charge on any atom is -0.389 e. The van der Waals surface area contributed by atoms with E-state index in [0.29, 0.717) is 6.04 Å². The van der Waals surface area contributed by atoms with E-state index in [9.17, 15) is 9.90 Å². The number of rotatable bonds is 0. The average Bonchev–Trinajstić information content (AvgIpc) is 2.51. The Hall–Kier alpha value is -0.610. The minimum atomic E-state index is -0.587. The van der Waals surface area contributed by atoms with Gasteiger partial charge in [-0.2, -0.15) is 0 Å². The maximum atomic E-state index is 12.5. The first-order chi connectivity index (χ1) is 10.6. The van der Waals surface area contributed by atoms with Gasteiger partial charge in [-0.25, -0.2) is 0 Å². The molecule has 0 aromatic heterocycles. The van der Waals surface area contributed by atoms with E-state index in [1.807, 2.05) is 6.92 Å². The number of amides is 1. The third-order valence-electron chi connectivity index (χ3n) is 6.26. The number of carbonyl (C=O) groups is 1. The predicted molar refractivity (Wildman–Crippen MR) is 87.5 cm³/mol. The summed E-state index contributed by atoms with van der Waals surface area (Å²) < 4.78 is 0. The molecule has 1 amide bonds. The van der Waals surface area contributed by atoms with E-state index in [1.54, 1.807) is 0 Å². The van der Waals surface area contributed by atoms with Crippen LogP contribution in [0.4, 0.5) is 0 Å². The molecule has 0 aromatic rings. The molecular weight excluding hydrogens is 276 g/mol. The lowest BCUT2D eigenvalue weighted by Crippen LogP contribution is -2.58. The highest BCUT2D eigenvalue weighted by Crippen LogP contribution is 2.40. The molecular formula is C18H32N2O2. The average molecular weight is 308 g/mol. The molecule has 4 nitrogen and oxygen atoms in total. The SMILES string of the molecule is CC1CCCCC2CC(O)(CCN2)C2CCCCC2NC1=O. The number of carbonyl (C=O) groups excluding carboxylic acids is 1. The fraction of sp³-hybridized carbons (Fsp3) is 0.944. The van der Waals surface area contributed by atoms with Crippen molar-refractivity contribution >= 4 is 5.91 Å². The summed E-state index contributed by atoms with van der Waals surface area (Å²) in [6.07, 6.45) is 10.5. The van der Waals surface area contributed by atoms with Gasteiger partial charge in [0.15, 0.2) is 0 Å². The summed E-state index contributed by atoms with van der Waals surface area (Å²) in [4.78, 5) is 12.5. The summed E-state index contributed by atoms with van der Waals surface area (Å²) in [6.45, 7) is 2.96. The van der Waals surface area contributed by atoms with Gasteiger partial charge in [-0.1, -0.05) is 32.6 Å². The van der Waals surface area contributed by atoms with Gasteiger partial charge in [0.2, 0.25) is 5.91 Å². The smallest absolute Gasteiger partial charge is 0.223 e. The van der Waals surface area contributed by atoms with Crippen molar-refractivity contribution in [1.29, 1.82) is 0 Å². The number of aliphatic hydroxyl groups is 1. The van der Waals surface area contributed by atoms with Crippen molar-refractivity contribution in [2.24, 2.45) is 11.8 Å². The zero-order valence-corrected chi connectivity index (χ0v) is 13.9. The molecule has 5 atom stereocenters. The summed E-state index contributed by atoms with van der Waals surface area (Å²) in [5.74, 6) is 0.539. The van der Waals surface area contributed by atoms with Gasteiger partial charge in [0.25, 0.3) is 0 Å². The molecule has 3 N–H and O–H groups in total. The molecule has 3 aliphatic rings. The molecule has 5 unspecified atom stereocenters. The molecule has 0 spiro atoms. The zero-order valence-electron chi connectivity index (χ0n) is 13.9. The highest BCUT2D eigenvalue weighted by Gasteiger charge is 2.45. The van der Waals surface area contributed by atoms with Crippen LogP contribution in [0.2, 0.25) is 0 Å². The summed E-state index contributed by atoms with van der Waals surface area (Å²) >= 11 is 0. The lowest BCUT2D eigenvalue weighted by Gasteiger charge is -2.48. The molecule has 2 bridgehead atoms. The lowest BCUT2D eigenvalue weighted by molar-refractivity contribution is -0.128. The quantitative estimate of drug-likeness (QED) is 0.644. The van der Waals surface area contributed by atoms with Gasteiger partial charge >= 0.3 is 0 Å². The largest absolute Gasteiger partial charge is 0.389 e. The van der Waals surface area contributed by atoms with Crippen LogP contribution in [0.3, 0.4) is 0 Å². The van der Waals surface area contributed by atoms with Gasteiger partial charge in [-0.15, -0.1) is 0 Å². The van der Waals surface area contributed by atoms with Crippen molar-refractivity contribution in [3.8, 4) is 0 Å². The molecule has 3 fully saturated rings. The lowest BCUT2D eigenvalue weighted by atomic mass is 9.68. The monoisotopic (exact) mass is 308 g/mol. The molecule has 3 rings (SSSR count). The van der Waals surface area contributed by atoms with Crippen LogP contribution >= 0.6 is 0 Å². The maximum absolute atomic E-state index is 12.5. The predicted octanol–water partition coefficient (Wildman–Crippen LogP) is 2.35. The normalized spacial score (nSPS) is 44.2. The van der Waals surface area contributed by atoms with Crippen molar-refractivity contribution in [3.63, 3.8) is 0 Å². The Kier molecular flexibility index (Phi) is 5.08. The Morgan fingerprint density at radius 1 is 1.09 bits per heavy atom. The fourth-order valence-electron chi connectivity index (χ4n) is 4.88. The maximum Gasteiger partial charge on any atom is 0.223 e. The van der Waals surface area contributed by atoms with Gasteiger partial charge in [0.1, 0.15) is 0 Å². The van der Waals surface area contributed by atoms with E-state index < -0.39 is 5.60 Å². The van der Waals surface area contributed by atoms with E-state index in [-0.39, 0.29) is 23.8 Å². The van der Waals surface area contributed by atoms with Crippen molar-refractivity contribution in [3.05, 3.63) is 0 Å². The first kappa shape index (κ1) is 16.3. The Bertz CT molecular complexity index is 401. The molecule has 0 radical (unpaired) electrons. The van der Waals surface area contributed by atoms with Gasteiger partial charge < -0.3 is 15.7 Å². The molecule has 2 aliphatic heterocycles. The highest BCUT2D eigenvalue weighted by atomic mass is 16.3. The molecule has 0 aromatic carbocycles. The second-order valence-corrected chi connectivity index (χ2v) is 7.90. The molecule has 1 saturated carbocycles. The van der Waals surface area contributed by atoms with Crippen molar-refractivity contribution in [1.82, 2.24) is 10.6 Å². The third kappa shape index (κ3) is 3.48. The summed E-state index contributed by atoms with van der Waals surface area (Å²) in [7, 11) is 0. The number of hydrogen-bond donors (Lipinski definition) is 3. The van der Waals surface area contributed by atoms with Crippen LogP contribution in [-0.4, -0.2) is 35.2 Å². The van der Waals surface area contributed by atoms with Crippen molar-refractivity contribution in [2.45, 2.75) is 88.8 Å². The van der Waals surface area contributed by atoms with E-state index >= 15 is 0 Å². The first-order valence-corrected chi connectivity index (χ1v) is 9.35. The van der Waals surface area contributed by atoms with Gasteiger partial charge in [0, 0.05) is 23.9 Å².